The molecule has 2 heterocycles. The van der Waals surface area contributed by atoms with Crippen molar-refractivity contribution in [3.8, 4) is 17.0 Å². The highest BCUT2D eigenvalue weighted by atomic mass is 35.5. The Morgan fingerprint density at radius 3 is 2.44 bits per heavy atom. The Bertz CT molecular complexity index is 1370. The summed E-state index contributed by atoms with van der Waals surface area (Å²) in [7, 11) is 1.65. The number of pyridine rings is 1. The van der Waals surface area contributed by atoms with Crippen LogP contribution in [0.3, 0.4) is 0 Å². The molecule has 11 heteroatoms. The van der Waals surface area contributed by atoms with Crippen LogP contribution in [0.1, 0.15) is 16.2 Å². The SMILES string of the molecule is COc1ccccc1CCNC(=O)c1[nH]c(-c2cccc(Cl)c2)c2cccc[n+]12.O=C([O-])C(F)(F)F. The number of nitrogens with zero attached hydrogens (tertiary/aromatic N) is 1. The van der Waals surface area contributed by atoms with Gasteiger partial charge < -0.3 is 20.0 Å². The molecule has 0 spiro atoms. The molecule has 0 aliphatic carbocycles. The number of alkyl halides is 3. The van der Waals surface area contributed by atoms with E-state index < -0.39 is 12.1 Å². The lowest BCUT2D eigenvalue weighted by Crippen LogP contribution is -2.37. The first-order valence-corrected chi connectivity index (χ1v) is 11.0. The highest BCUT2D eigenvalue weighted by molar-refractivity contribution is 6.30. The summed E-state index contributed by atoms with van der Waals surface area (Å²) < 4.78 is 38.8. The molecule has 4 aromatic rings. The number of hydrogen-bond acceptors (Lipinski definition) is 4. The zero-order chi connectivity index (χ0) is 26.3. The molecule has 0 bridgehead atoms. The molecule has 2 aromatic carbocycles. The van der Waals surface area contributed by atoms with E-state index in [4.69, 9.17) is 26.2 Å². The van der Waals surface area contributed by atoms with Crippen LogP contribution in [0.25, 0.3) is 16.8 Å². The van der Waals surface area contributed by atoms with Crippen molar-refractivity contribution in [2.45, 2.75) is 12.6 Å². The summed E-state index contributed by atoms with van der Waals surface area (Å²) in [4.78, 5) is 25.0. The van der Waals surface area contributed by atoms with Crippen molar-refractivity contribution >= 4 is 29.0 Å². The summed E-state index contributed by atoms with van der Waals surface area (Å²) >= 11 is 6.16. The molecular formula is C25H21ClF3N3O4. The number of halogens is 4. The van der Waals surface area contributed by atoms with Gasteiger partial charge in [0.2, 0.25) is 0 Å². The van der Waals surface area contributed by atoms with Crippen LogP contribution in [-0.2, 0) is 11.2 Å². The number of carboxylic acid groups (broad SMARTS) is 1. The fraction of sp³-hybridized carbons (Fsp3) is 0.160. The van der Waals surface area contributed by atoms with Gasteiger partial charge in [-0.1, -0.05) is 48.0 Å². The normalized spacial score (nSPS) is 10.9. The summed E-state index contributed by atoms with van der Waals surface area (Å²) in [5.74, 6) is -1.89. The molecular weight excluding hydrogens is 499 g/mol. The van der Waals surface area contributed by atoms with E-state index in [-0.39, 0.29) is 5.91 Å². The predicted octanol–water partition coefficient (Wildman–Crippen LogP) is 3.35. The maximum Gasteiger partial charge on any atom is 0.430 e. The number of carbonyl (C=O) groups is 2. The average Bonchev–Trinajstić information content (AvgIpc) is 3.24. The molecule has 188 valence electrons. The van der Waals surface area contributed by atoms with Crippen LogP contribution in [0.15, 0.2) is 72.9 Å². The Morgan fingerprint density at radius 2 is 1.78 bits per heavy atom. The molecule has 36 heavy (non-hydrogen) atoms. The second-order valence-corrected chi connectivity index (χ2v) is 7.85. The number of nitrogens with one attached hydrogen (secondary N) is 2. The highest BCUT2D eigenvalue weighted by Crippen LogP contribution is 2.24. The first kappa shape index (κ1) is 26.6. The van der Waals surface area contributed by atoms with Gasteiger partial charge in [-0.15, -0.1) is 0 Å². The molecule has 4 rings (SSSR count). The molecule has 0 atom stereocenters. The minimum atomic E-state index is -5.19. The monoisotopic (exact) mass is 519 g/mol. The number of para-hydroxylation sites is 1. The Balaban J connectivity index is 0.000000454. The van der Waals surface area contributed by atoms with Crippen molar-refractivity contribution in [2.24, 2.45) is 0 Å². The van der Waals surface area contributed by atoms with Crippen LogP contribution in [-0.4, -0.2) is 36.7 Å². The molecule has 7 nitrogen and oxygen atoms in total. The lowest BCUT2D eigenvalue weighted by atomic mass is 10.1. The second-order valence-electron chi connectivity index (χ2n) is 7.42. The van der Waals surface area contributed by atoms with Gasteiger partial charge in [0.1, 0.15) is 11.7 Å². The van der Waals surface area contributed by atoms with E-state index in [0.717, 1.165) is 28.1 Å². The largest absolute Gasteiger partial charge is 0.542 e. The van der Waals surface area contributed by atoms with E-state index >= 15 is 0 Å². The van der Waals surface area contributed by atoms with Crippen molar-refractivity contribution in [1.29, 1.82) is 0 Å². The third kappa shape index (κ3) is 6.54. The van der Waals surface area contributed by atoms with Gasteiger partial charge in [0.25, 0.3) is 0 Å². The Morgan fingerprint density at radius 1 is 1.08 bits per heavy atom. The Labute approximate surface area is 209 Å². The summed E-state index contributed by atoms with van der Waals surface area (Å²) in [6, 6.07) is 21.2. The van der Waals surface area contributed by atoms with E-state index in [1.54, 1.807) is 7.11 Å². The third-order valence-electron chi connectivity index (χ3n) is 5.03. The first-order valence-electron chi connectivity index (χ1n) is 10.6. The van der Waals surface area contributed by atoms with Crippen molar-refractivity contribution in [3.63, 3.8) is 0 Å². The molecule has 0 fully saturated rings. The zero-order valence-corrected chi connectivity index (χ0v) is 19.7. The molecule has 0 radical (unpaired) electrons. The minimum Gasteiger partial charge on any atom is -0.542 e. The Kier molecular flexibility index (Phi) is 8.55. The van der Waals surface area contributed by atoms with Crippen molar-refractivity contribution in [3.05, 3.63) is 89.3 Å². The maximum absolute atomic E-state index is 12.9. The van der Waals surface area contributed by atoms with Gasteiger partial charge in [0.15, 0.2) is 11.2 Å². The number of ether oxygens (including phenoxy) is 1. The topological polar surface area (TPSA) is 98.3 Å². The van der Waals surface area contributed by atoms with Crippen molar-refractivity contribution < 1.29 is 37.0 Å². The summed E-state index contributed by atoms with van der Waals surface area (Å²) in [5, 5.41) is 12.4. The molecule has 0 aliphatic rings. The molecule has 0 saturated heterocycles. The fourth-order valence-electron chi connectivity index (χ4n) is 3.42. The van der Waals surface area contributed by atoms with Crippen LogP contribution in [0.2, 0.25) is 5.02 Å². The number of aromatic amines is 1. The predicted molar refractivity (Wildman–Crippen MR) is 124 cm³/mol. The van der Waals surface area contributed by atoms with Crippen molar-refractivity contribution in [2.75, 3.05) is 13.7 Å². The second kappa shape index (κ2) is 11.6. The van der Waals surface area contributed by atoms with Crippen molar-refractivity contribution in [1.82, 2.24) is 10.3 Å². The minimum absolute atomic E-state index is 0.172. The lowest BCUT2D eigenvalue weighted by Gasteiger charge is -2.08. The van der Waals surface area contributed by atoms with Crippen LogP contribution < -0.4 is 19.6 Å². The third-order valence-corrected chi connectivity index (χ3v) is 5.27. The van der Waals surface area contributed by atoms with Crippen LogP contribution >= 0.6 is 11.6 Å². The van der Waals surface area contributed by atoms with E-state index in [0.29, 0.717) is 23.8 Å². The number of H-pyrrole nitrogens is 1. The highest BCUT2D eigenvalue weighted by Gasteiger charge is 2.29. The fourth-order valence-corrected chi connectivity index (χ4v) is 3.61. The summed E-state index contributed by atoms with van der Waals surface area (Å²) in [6.07, 6.45) is -2.64. The molecule has 0 saturated carbocycles. The molecule has 2 aromatic heterocycles. The number of aliphatic carboxylic acids is 1. The maximum atomic E-state index is 12.9. The van der Waals surface area contributed by atoms with Gasteiger partial charge in [0.05, 0.1) is 13.3 Å². The van der Waals surface area contributed by atoms with E-state index in [1.165, 1.54) is 0 Å². The van der Waals surface area contributed by atoms with Gasteiger partial charge in [-0.25, -0.2) is 4.98 Å². The zero-order valence-electron chi connectivity index (χ0n) is 18.9. The van der Waals surface area contributed by atoms with Crippen LogP contribution in [0.5, 0.6) is 5.75 Å². The summed E-state index contributed by atoms with van der Waals surface area (Å²) in [5.41, 5.74) is 3.74. The van der Waals surface area contributed by atoms with Crippen LogP contribution in [0.4, 0.5) is 13.2 Å². The number of fused-ring (bicyclic) bond motifs is 1. The van der Waals surface area contributed by atoms with E-state index in [1.807, 2.05) is 77.3 Å². The molecule has 2 N–H and O–H groups in total. The van der Waals surface area contributed by atoms with Gasteiger partial charge in [0, 0.05) is 17.1 Å². The van der Waals surface area contributed by atoms with Gasteiger partial charge in [-0.2, -0.15) is 17.6 Å². The number of methoxy groups -OCH3 is 1. The standard InChI is InChI=1S/C23H20ClN3O2.C2HF3O2/c1-29-20-11-3-2-7-16(20)12-13-25-23(28)22-26-21(17-8-6-9-18(24)15-17)19-10-4-5-14-27(19)22;3-2(4,5)1(6)7/h2-11,14-15H,12-13H2,1H3,(H,25,28);(H,6,7). The van der Waals surface area contributed by atoms with Gasteiger partial charge >= 0.3 is 17.9 Å². The smallest absolute Gasteiger partial charge is 0.430 e. The van der Waals surface area contributed by atoms with E-state index in [9.17, 15) is 18.0 Å². The number of aromatic nitrogens is 2. The molecule has 0 aliphatic heterocycles. The first-order chi connectivity index (χ1) is 17.1. The average molecular weight is 520 g/mol. The van der Waals surface area contributed by atoms with Gasteiger partial charge in [-0.05, 0) is 42.3 Å². The number of amides is 1. The molecule has 0 unspecified atom stereocenters. The Hall–Kier alpha value is -4.05. The van der Waals surface area contributed by atoms with E-state index in [2.05, 4.69) is 10.3 Å². The number of benzene rings is 2. The number of hydrogen-bond donors (Lipinski definition) is 2. The summed E-state index contributed by atoms with van der Waals surface area (Å²) in [6.45, 7) is 0.500. The number of imidazole rings is 1. The van der Waals surface area contributed by atoms with Crippen LogP contribution in [0, 0.1) is 0 Å². The number of carbonyl (C=O) groups excluding carboxylic acids is 2. The molecule has 1 amide bonds. The van der Waals surface area contributed by atoms with Gasteiger partial charge in [-0.3, -0.25) is 4.79 Å². The lowest BCUT2D eigenvalue weighted by molar-refractivity contribution is -0.513. The number of rotatable bonds is 6. The quantitative estimate of drug-likeness (QED) is 0.382. The number of carboxylic acids is 1.